The molecule has 2 nitrogen and oxygen atoms in total. The first kappa shape index (κ1) is 17.2. The summed E-state index contributed by atoms with van der Waals surface area (Å²) in [6.45, 7) is 5.03. The van der Waals surface area contributed by atoms with E-state index in [1.54, 1.807) is 0 Å². The van der Waals surface area contributed by atoms with Gasteiger partial charge in [-0.15, -0.1) is 0 Å². The molecule has 0 fully saturated rings. The molecule has 0 aliphatic carbocycles. The minimum absolute atomic E-state index is 0.0358. The second-order valence-electron chi connectivity index (χ2n) is 5.26. The van der Waals surface area contributed by atoms with Crippen molar-refractivity contribution in [3.05, 3.63) is 32.7 Å². The minimum atomic E-state index is -0.0358. The lowest BCUT2D eigenvalue weighted by atomic mass is 9.88. The minimum Gasteiger partial charge on any atom is -0.351 e. The molecule has 0 radical (unpaired) electrons. The average Bonchev–Trinajstić information content (AvgIpc) is 2.34. The van der Waals surface area contributed by atoms with E-state index in [1.165, 1.54) is 0 Å². The molecule has 0 saturated heterocycles. The van der Waals surface area contributed by atoms with Crippen LogP contribution in [0, 0.1) is 5.41 Å². The highest BCUT2D eigenvalue weighted by Crippen LogP contribution is 2.24. The number of benzene rings is 1. The topological polar surface area (TPSA) is 29.1 Å². The fraction of sp³-hybridized carbons (Fsp3) is 0.500. The Labute approximate surface area is 140 Å². The summed E-state index contributed by atoms with van der Waals surface area (Å²) in [7, 11) is 0. The van der Waals surface area contributed by atoms with Gasteiger partial charge in [-0.25, -0.2) is 0 Å². The Kier molecular flexibility index (Phi) is 7.05. The molecule has 0 spiro atoms. The van der Waals surface area contributed by atoms with E-state index >= 15 is 0 Å². The number of halogens is 3. The smallest absolute Gasteiger partial charge is 0.252 e. The predicted molar refractivity (Wildman–Crippen MR) is 91.0 cm³/mol. The molecule has 0 unspecified atom stereocenters. The number of amides is 1. The summed E-state index contributed by atoms with van der Waals surface area (Å²) in [5.41, 5.74) is 0.783. The fourth-order valence-corrected chi connectivity index (χ4v) is 3.23. The number of carbonyl (C=O) groups excluding carboxylic acids is 1. The van der Waals surface area contributed by atoms with Crippen molar-refractivity contribution in [2.24, 2.45) is 5.41 Å². The zero-order valence-electron chi connectivity index (χ0n) is 11.1. The molecule has 0 bridgehead atoms. The Morgan fingerprint density at radius 2 is 2.00 bits per heavy atom. The van der Waals surface area contributed by atoms with Crippen LogP contribution in [0.3, 0.4) is 0 Å². The summed E-state index contributed by atoms with van der Waals surface area (Å²) < 4.78 is 1.76. The maximum atomic E-state index is 12.1. The Morgan fingerprint density at radius 3 is 2.58 bits per heavy atom. The maximum Gasteiger partial charge on any atom is 0.252 e. The van der Waals surface area contributed by atoms with E-state index in [1.807, 2.05) is 18.2 Å². The van der Waals surface area contributed by atoms with Gasteiger partial charge in [0.25, 0.3) is 5.91 Å². The van der Waals surface area contributed by atoms with Crippen molar-refractivity contribution in [2.45, 2.75) is 26.7 Å². The summed E-state index contributed by atoms with van der Waals surface area (Å²) in [6.07, 6.45) is 2.20. The summed E-state index contributed by atoms with van der Waals surface area (Å²) in [4.78, 5) is 12.1. The molecule has 0 saturated carbocycles. The first-order valence-corrected chi connectivity index (χ1v) is 8.86. The van der Waals surface area contributed by atoms with Gasteiger partial charge in [0, 0.05) is 20.8 Å². The standard InChI is InChI=1S/C14H18Br3NO/c1-14(2,6-3-7-15)9-18-13(19)11-5-4-10(16)8-12(11)17/h4-5,8H,3,6-7,9H2,1-2H3,(H,18,19). The van der Waals surface area contributed by atoms with Gasteiger partial charge < -0.3 is 5.32 Å². The van der Waals surface area contributed by atoms with Crippen LogP contribution in [-0.2, 0) is 0 Å². The van der Waals surface area contributed by atoms with Gasteiger partial charge in [0.1, 0.15) is 0 Å². The molecule has 0 aliphatic heterocycles. The largest absolute Gasteiger partial charge is 0.351 e. The summed E-state index contributed by atoms with van der Waals surface area (Å²) in [6, 6.07) is 5.57. The lowest BCUT2D eigenvalue weighted by molar-refractivity contribution is 0.0934. The van der Waals surface area contributed by atoms with Crippen LogP contribution in [0.15, 0.2) is 27.1 Å². The molecule has 106 valence electrons. The lowest BCUT2D eigenvalue weighted by Gasteiger charge is -2.24. The van der Waals surface area contributed by atoms with Crippen molar-refractivity contribution < 1.29 is 4.79 Å². The van der Waals surface area contributed by atoms with E-state index in [2.05, 4.69) is 67.0 Å². The third-order valence-corrected chi connectivity index (χ3v) is 4.60. The van der Waals surface area contributed by atoms with Crippen LogP contribution in [0.5, 0.6) is 0 Å². The van der Waals surface area contributed by atoms with Gasteiger partial charge in [0.15, 0.2) is 0 Å². The fourth-order valence-electron chi connectivity index (χ4n) is 1.72. The molecular formula is C14H18Br3NO. The van der Waals surface area contributed by atoms with Gasteiger partial charge in [0.2, 0.25) is 0 Å². The molecule has 0 heterocycles. The molecular weight excluding hydrogens is 438 g/mol. The first-order chi connectivity index (χ1) is 8.85. The number of hydrogen-bond donors (Lipinski definition) is 1. The number of rotatable bonds is 6. The van der Waals surface area contributed by atoms with E-state index in [9.17, 15) is 4.79 Å². The summed E-state index contributed by atoms with van der Waals surface area (Å²) in [5.74, 6) is -0.0358. The molecule has 5 heteroatoms. The second-order valence-corrected chi connectivity index (χ2v) is 7.83. The molecule has 19 heavy (non-hydrogen) atoms. The van der Waals surface area contributed by atoms with E-state index in [0.717, 1.165) is 27.1 Å². The van der Waals surface area contributed by atoms with Crippen LogP contribution in [0.1, 0.15) is 37.0 Å². The van der Waals surface area contributed by atoms with Crippen LogP contribution in [0.25, 0.3) is 0 Å². The van der Waals surface area contributed by atoms with Gasteiger partial charge in [0.05, 0.1) is 5.56 Å². The average molecular weight is 456 g/mol. The molecule has 0 atom stereocenters. The molecule has 1 aromatic carbocycles. The Balaban J connectivity index is 2.60. The van der Waals surface area contributed by atoms with Gasteiger partial charge in [-0.1, -0.05) is 45.7 Å². The van der Waals surface area contributed by atoms with Crippen molar-refractivity contribution in [3.63, 3.8) is 0 Å². The number of carbonyl (C=O) groups is 1. The van der Waals surface area contributed by atoms with E-state index in [-0.39, 0.29) is 11.3 Å². The van der Waals surface area contributed by atoms with Gasteiger partial charge in [-0.2, -0.15) is 0 Å². The van der Waals surface area contributed by atoms with Gasteiger partial charge in [-0.3, -0.25) is 4.79 Å². The number of hydrogen-bond acceptors (Lipinski definition) is 1. The second kappa shape index (κ2) is 7.79. The predicted octanol–water partition coefficient (Wildman–Crippen LogP) is 5.14. The lowest BCUT2D eigenvalue weighted by Crippen LogP contribution is -2.34. The monoisotopic (exact) mass is 453 g/mol. The van der Waals surface area contributed by atoms with Gasteiger partial charge >= 0.3 is 0 Å². The first-order valence-electron chi connectivity index (χ1n) is 6.15. The van der Waals surface area contributed by atoms with Crippen molar-refractivity contribution >= 4 is 53.7 Å². The van der Waals surface area contributed by atoms with Crippen molar-refractivity contribution in [1.29, 1.82) is 0 Å². The zero-order valence-corrected chi connectivity index (χ0v) is 15.9. The van der Waals surface area contributed by atoms with Gasteiger partial charge in [-0.05, 0) is 52.4 Å². The number of nitrogens with one attached hydrogen (secondary N) is 1. The molecule has 1 amide bonds. The Morgan fingerprint density at radius 1 is 1.32 bits per heavy atom. The van der Waals surface area contributed by atoms with E-state index in [0.29, 0.717) is 12.1 Å². The Bertz CT molecular complexity index is 446. The van der Waals surface area contributed by atoms with Crippen molar-refractivity contribution in [2.75, 3.05) is 11.9 Å². The maximum absolute atomic E-state index is 12.1. The number of alkyl halides is 1. The Hall–Kier alpha value is 0.130. The third-order valence-electron chi connectivity index (χ3n) is 2.89. The van der Waals surface area contributed by atoms with Crippen molar-refractivity contribution in [1.82, 2.24) is 5.32 Å². The molecule has 1 N–H and O–H groups in total. The summed E-state index contributed by atoms with van der Waals surface area (Å²) >= 11 is 10.2. The highest BCUT2D eigenvalue weighted by molar-refractivity contribution is 9.11. The van der Waals surface area contributed by atoms with Crippen LogP contribution in [0.4, 0.5) is 0 Å². The quantitative estimate of drug-likeness (QED) is 0.591. The summed E-state index contributed by atoms with van der Waals surface area (Å²) in [5, 5.41) is 4.01. The zero-order chi connectivity index (χ0) is 14.5. The van der Waals surface area contributed by atoms with E-state index < -0.39 is 0 Å². The molecule has 1 aromatic rings. The molecule has 0 aromatic heterocycles. The van der Waals surface area contributed by atoms with Crippen LogP contribution < -0.4 is 5.32 Å². The van der Waals surface area contributed by atoms with E-state index in [4.69, 9.17) is 0 Å². The highest BCUT2D eigenvalue weighted by atomic mass is 79.9. The highest BCUT2D eigenvalue weighted by Gasteiger charge is 2.19. The molecule has 1 rings (SSSR count). The van der Waals surface area contributed by atoms with Crippen LogP contribution in [-0.4, -0.2) is 17.8 Å². The molecule has 0 aliphatic rings. The third kappa shape index (κ3) is 5.96. The normalized spacial score (nSPS) is 11.4. The van der Waals surface area contributed by atoms with Crippen LogP contribution in [0.2, 0.25) is 0 Å². The SMILES string of the molecule is CC(C)(CCCBr)CNC(=O)c1ccc(Br)cc1Br. The van der Waals surface area contributed by atoms with Crippen LogP contribution >= 0.6 is 47.8 Å². The van der Waals surface area contributed by atoms with Crippen molar-refractivity contribution in [3.8, 4) is 0 Å².